The van der Waals surface area contributed by atoms with Crippen LogP contribution in [0.25, 0.3) is 28.2 Å². The van der Waals surface area contributed by atoms with Gasteiger partial charge in [0.1, 0.15) is 12.2 Å². The highest BCUT2D eigenvalue weighted by Crippen LogP contribution is 2.35. The van der Waals surface area contributed by atoms with Crippen molar-refractivity contribution in [3.05, 3.63) is 64.9 Å². The van der Waals surface area contributed by atoms with Gasteiger partial charge in [0.2, 0.25) is 0 Å². The molecule has 0 unspecified atom stereocenters. The summed E-state index contributed by atoms with van der Waals surface area (Å²) in [7, 11) is -3.54. The zero-order valence-corrected chi connectivity index (χ0v) is 23.6. The first kappa shape index (κ1) is 26.5. The van der Waals surface area contributed by atoms with Crippen LogP contribution in [-0.2, 0) is 10.2 Å². The van der Waals surface area contributed by atoms with E-state index in [9.17, 15) is 8.42 Å². The fraction of sp³-hybridized carbons (Fsp3) is 0.370. The molecule has 39 heavy (non-hydrogen) atoms. The molecular formula is C27H29Cl2N7O2S. The zero-order chi connectivity index (χ0) is 27.0. The van der Waals surface area contributed by atoms with E-state index in [-0.39, 0.29) is 6.04 Å². The van der Waals surface area contributed by atoms with Gasteiger partial charge in [-0.3, -0.25) is 4.57 Å². The van der Waals surface area contributed by atoms with Crippen molar-refractivity contribution in [1.82, 2.24) is 28.5 Å². The third-order valence-corrected chi connectivity index (χ3v) is 9.68. The molecule has 1 saturated carbocycles. The van der Waals surface area contributed by atoms with E-state index in [0.29, 0.717) is 59.0 Å². The molecule has 1 N–H and O–H groups in total. The largest absolute Gasteiger partial charge is 0.352 e. The third-order valence-electron chi connectivity index (χ3n) is 7.42. The van der Waals surface area contributed by atoms with Gasteiger partial charge in [-0.05, 0) is 49.2 Å². The molecule has 6 rings (SSSR count). The van der Waals surface area contributed by atoms with Gasteiger partial charge in [0.15, 0.2) is 17.0 Å². The Balaban J connectivity index is 1.33. The highest BCUT2D eigenvalue weighted by atomic mass is 35.5. The molecule has 0 bridgehead atoms. The van der Waals surface area contributed by atoms with E-state index in [1.807, 2.05) is 53.1 Å². The molecule has 2 aliphatic rings. The minimum absolute atomic E-state index is 0.0309. The molecule has 12 heteroatoms. The minimum atomic E-state index is -3.54. The van der Waals surface area contributed by atoms with E-state index < -0.39 is 10.2 Å². The maximum atomic E-state index is 13.1. The number of nitrogens with zero attached hydrogens (tertiary/aromatic N) is 6. The molecule has 2 fully saturated rings. The molecule has 2 aromatic heterocycles. The van der Waals surface area contributed by atoms with E-state index >= 15 is 0 Å². The number of imidazole rings is 1. The smallest absolute Gasteiger partial charge is 0.279 e. The maximum Gasteiger partial charge on any atom is 0.279 e. The van der Waals surface area contributed by atoms with Gasteiger partial charge in [0, 0.05) is 48.5 Å². The Labute approximate surface area is 238 Å². The number of fused-ring (bicyclic) bond motifs is 1. The van der Waals surface area contributed by atoms with Crippen molar-refractivity contribution in [2.45, 2.75) is 38.1 Å². The number of aromatic nitrogens is 4. The second kappa shape index (κ2) is 11.0. The van der Waals surface area contributed by atoms with Gasteiger partial charge in [-0.15, -0.1) is 0 Å². The Morgan fingerprint density at radius 1 is 0.872 bits per heavy atom. The highest BCUT2D eigenvalue weighted by Gasteiger charge is 2.31. The van der Waals surface area contributed by atoms with Crippen LogP contribution in [-0.4, -0.2) is 64.5 Å². The SMILES string of the molecule is O=S(=O)(NC1CCCCC1)N1CCN(c2ncnc3c2nc(-c2ccccc2Cl)n3-c2ccc(Cl)cc2)CC1. The van der Waals surface area contributed by atoms with Gasteiger partial charge in [-0.1, -0.05) is 54.6 Å². The first-order chi connectivity index (χ1) is 18.9. The number of nitrogens with one attached hydrogen (secondary N) is 1. The number of hydrogen-bond acceptors (Lipinski definition) is 6. The van der Waals surface area contributed by atoms with Crippen LogP contribution in [0, 0.1) is 0 Å². The number of rotatable bonds is 6. The van der Waals surface area contributed by atoms with Crippen molar-refractivity contribution in [2.24, 2.45) is 0 Å². The number of piperazine rings is 1. The van der Waals surface area contributed by atoms with Gasteiger partial charge in [-0.2, -0.15) is 17.4 Å². The summed E-state index contributed by atoms with van der Waals surface area (Å²) in [5.74, 6) is 1.30. The van der Waals surface area contributed by atoms with Gasteiger partial charge in [0.05, 0.1) is 5.02 Å². The maximum absolute atomic E-state index is 13.1. The van der Waals surface area contributed by atoms with Gasteiger partial charge >= 0.3 is 0 Å². The Morgan fingerprint density at radius 3 is 2.31 bits per heavy atom. The lowest BCUT2D eigenvalue weighted by Gasteiger charge is -2.35. The monoisotopic (exact) mass is 585 g/mol. The van der Waals surface area contributed by atoms with E-state index in [1.165, 1.54) is 17.1 Å². The number of anilines is 1. The summed E-state index contributed by atoms with van der Waals surface area (Å²) >= 11 is 12.8. The van der Waals surface area contributed by atoms with E-state index in [4.69, 9.17) is 28.2 Å². The topological polar surface area (TPSA) is 96.2 Å². The quantitative estimate of drug-likeness (QED) is 0.339. The molecule has 2 aromatic carbocycles. The van der Waals surface area contributed by atoms with Crippen LogP contribution >= 0.6 is 23.2 Å². The summed E-state index contributed by atoms with van der Waals surface area (Å²) in [5, 5.41) is 1.20. The van der Waals surface area contributed by atoms with Crippen LogP contribution in [0.2, 0.25) is 10.0 Å². The summed E-state index contributed by atoms with van der Waals surface area (Å²) in [6.07, 6.45) is 6.66. The predicted molar refractivity (Wildman–Crippen MR) is 155 cm³/mol. The first-order valence-electron chi connectivity index (χ1n) is 13.2. The minimum Gasteiger partial charge on any atom is -0.352 e. The molecule has 9 nitrogen and oxygen atoms in total. The van der Waals surface area contributed by atoms with Crippen LogP contribution in [0.3, 0.4) is 0 Å². The van der Waals surface area contributed by atoms with Crippen molar-refractivity contribution in [1.29, 1.82) is 0 Å². The fourth-order valence-corrected chi connectivity index (χ4v) is 7.21. The van der Waals surface area contributed by atoms with Gasteiger partial charge in [-0.25, -0.2) is 15.0 Å². The van der Waals surface area contributed by atoms with Gasteiger partial charge in [0.25, 0.3) is 10.2 Å². The van der Waals surface area contributed by atoms with Crippen LogP contribution in [0.1, 0.15) is 32.1 Å². The summed E-state index contributed by atoms with van der Waals surface area (Å²) in [5.41, 5.74) is 2.86. The molecule has 4 aromatic rings. The van der Waals surface area contributed by atoms with Crippen molar-refractivity contribution in [3.8, 4) is 17.1 Å². The average Bonchev–Trinajstić information content (AvgIpc) is 3.34. The fourth-order valence-electron chi connectivity index (χ4n) is 5.42. The van der Waals surface area contributed by atoms with Crippen molar-refractivity contribution < 1.29 is 8.42 Å². The summed E-state index contributed by atoms with van der Waals surface area (Å²) in [6, 6.07) is 15.0. The Hall–Kier alpha value is -2.76. The Bertz CT molecular complexity index is 1580. The highest BCUT2D eigenvalue weighted by molar-refractivity contribution is 7.87. The Morgan fingerprint density at radius 2 is 1.59 bits per heavy atom. The van der Waals surface area contributed by atoms with E-state index in [1.54, 1.807) is 0 Å². The lowest BCUT2D eigenvalue weighted by atomic mass is 9.96. The molecular weight excluding hydrogens is 557 g/mol. The van der Waals surface area contributed by atoms with Crippen LogP contribution in [0.5, 0.6) is 0 Å². The summed E-state index contributed by atoms with van der Waals surface area (Å²) in [4.78, 5) is 16.3. The first-order valence-corrected chi connectivity index (χ1v) is 15.4. The van der Waals surface area contributed by atoms with Crippen LogP contribution < -0.4 is 9.62 Å². The van der Waals surface area contributed by atoms with Crippen molar-refractivity contribution in [2.75, 3.05) is 31.1 Å². The van der Waals surface area contributed by atoms with Crippen molar-refractivity contribution >= 4 is 50.4 Å². The second-order valence-corrected chi connectivity index (χ2v) is 12.5. The molecule has 0 radical (unpaired) electrons. The van der Waals surface area contributed by atoms with E-state index in [2.05, 4.69) is 19.6 Å². The van der Waals surface area contributed by atoms with Gasteiger partial charge < -0.3 is 4.90 Å². The predicted octanol–water partition coefficient (Wildman–Crippen LogP) is 5.08. The Kier molecular flexibility index (Phi) is 7.47. The van der Waals surface area contributed by atoms with Crippen LogP contribution in [0.15, 0.2) is 54.9 Å². The summed E-state index contributed by atoms with van der Waals surface area (Å²) in [6.45, 7) is 1.71. The zero-order valence-electron chi connectivity index (χ0n) is 21.3. The molecule has 3 heterocycles. The second-order valence-electron chi connectivity index (χ2n) is 9.94. The molecule has 0 spiro atoms. The summed E-state index contributed by atoms with van der Waals surface area (Å²) < 4.78 is 32.5. The number of hydrogen-bond donors (Lipinski definition) is 1. The number of halogens is 2. The lowest BCUT2D eigenvalue weighted by Crippen LogP contribution is -2.54. The molecule has 1 saturated heterocycles. The molecule has 0 atom stereocenters. The molecule has 0 amide bonds. The average molecular weight is 587 g/mol. The van der Waals surface area contributed by atoms with Crippen molar-refractivity contribution in [3.63, 3.8) is 0 Å². The normalized spacial score (nSPS) is 17.6. The van der Waals surface area contributed by atoms with Crippen LogP contribution in [0.4, 0.5) is 5.82 Å². The van der Waals surface area contributed by atoms with E-state index in [0.717, 1.165) is 36.9 Å². The third kappa shape index (κ3) is 5.36. The lowest BCUT2D eigenvalue weighted by molar-refractivity contribution is 0.356. The standard InChI is InChI=1S/C27H29Cl2N7O2S/c28-19-10-12-21(13-11-19)36-25(22-8-4-5-9-23(22)29)32-24-26(30-18-31-27(24)36)34-14-16-35(17-15-34)39(37,38)33-20-6-2-1-3-7-20/h4-5,8-13,18,20,33H,1-3,6-7,14-17H2. The molecule has 1 aliphatic carbocycles. The number of benzene rings is 2. The molecule has 1 aliphatic heterocycles. The molecule has 204 valence electrons.